The molecule has 7 heteroatoms. The maximum Gasteiger partial charge on any atom is 0.300 e. The van der Waals surface area contributed by atoms with Crippen LogP contribution in [0.5, 0.6) is 0 Å². The van der Waals surface area contributed by atoms with Crippen molar-refractivity contribution in [2.24, 2.45) is 4.99 Å². The molecular formula is C19H24N4OS2. The average Bonchev–Trinajstić information content (AvgIpc) is 3.13. The fourth-order valence-electron chi connectivity index (χ4n) is 3.08. The minimum Gasteiger partial charge on any atom is -0.315 e. The molecule has 138 valence electrons. The molecule has 5 nitrogen and oxygen atoms in total. The summed E-state index contributed by atoms with van der Waals surface area (Å²) in [7, 11) is 0. The second-order valence-electron chi connectivity index (χ2n) is 6.36. The van der Waals surface area contributed by atoms with E-state index in [0.717, 1.165) is 34.9 Å². The van der Waals surface area contributed by atoms with Gasteiger partial charge < -0.3 is 4.57 Å². The molecule has 0 aliphatic heterocycles. The van der Waals surface area contributed by atoms with Crippen molar-refractivity contribution in [3.63, 3.8) is 0 Å². The molecule has 0 spiro atoms. The third-order valence-corrected chi connectivity index (χ3v) is 6.15. The summed E-state index contributed by atoms with van der Waals surface area (Å²) in [6.07, 6.45) is 2.09. The number of benzene rings is 1. The van der Waals surface area contributed by atoms with E-state index in [1.807, 2.05) is 24.6 Å². The van der Waals surface area contributed by atoms with Crippen LogP contribution >= 0.6 is 23.1 Å². The first-order valence-electron chi connectivity index (χ1n) is 8.67. The number of thiazole rings is 1. The molecule has 0 unspecified atom stereocenters. The minimum absolute atomic E-state index is 0.279. The molecule has 2 aromatic heterocycles. The van der Waals surface area contributed by atoms with E-state index in [1.54, 1.807) is 23.1 Å². The van der Waals surface area contributed by atoms with E-state index in [-0.39, 0.29) is 5.91 Å². The number of thioether (sulfide) groups is 1. The van der Waals surface area contributed by atoms with E-state index < -0.39 is 0 Å². The number of rotatable bonds is 5. The van der Waals surface area contributed by atoms with E-state index >= 15 is 0 Å². The smallest absolute Gasteiger partial charge is 0.300 e. The van der Waals surface area contributed by atoms with Gasteiger partial charge in [-0.2, -0.15) is 21.9 Å². The van der Waals surface area contributed by atoms with Crippen molar-refractivity contribution in [3.8, 4) is 0 Å². The number of fused-ring (bicyclic) bond motifs is 1. The van der Waals surface area contributed by atoms with Gasteiger partial charge in [-0.1, -0.05) is 17.4 Å². The first-order chi connectivity index (χ1) is 12.4. The summed E-state index contributed by atoms with van der Waals surface area (Å²) < 4.78 is 5.18. The van der Waals surface area contributed by atoms with Gasteiger partial charge in [0, 0.05) is 24.5 Å². The lowest BCUT2D eigenvalue weighted by atomic mass is 10.1. The summed E-state index contributed by atoms with van der Waals surface area (Å²) >= 11 is 3.37. The SMILES string of the molecule is CCn1nc(C(=O)N=c2sc3c(C)cc(C)cc3n2CCSC)cc1C. The van der Waals surface area contributed by atoms with Gasteiger partial charge >= 0.3 is 0 Å². The Bertz CT molecular complexity index is 1030. The van der Waals surface area contributed by atoms with E-state index in [4.69, 9.17) is 0 Å². The number of carbonyl (C=O) groups excluding carboxylic acids is 1. The molecular weight excluding hydrogens is 364 g/mol. The Morgan fingerprint density at radius 3 is 2.69 bits per heavy atom. The summed E-state index contributed by atoms with van der Waals surface area (Å²) in [5.41, 5.74) is 4.99. The molecule has 0 saturated heterocycles. The molecule has 1 aromatic carbocycles. The van der Waals surface area contributed by atoms with Gasteiger partial charge in [0.1, 0.15) is 0 Å². The van der Waals surface area contributed by atoms with Crippen LogP contribution in [-0.4, -0.2) is 32.3 Å². The molecule has 0 radical (unpaired) electrons. The Morgan fingerprint density at radius 2 is 2.04 bits per heavy atom. The van der Waals surface area contributed by atoms with Gasteiger partial charge in [-0.05, 0) is 57.2 Å². The van der Waals surface area contributed by atoms with Gasteiger partial charge in [-0.15, -0.1) is 0 Å². The van der Waals surface area contributed by atoms with E-state index in [2.05, 4.69) is 46.9 Å². The van der Waals surface area contributed by atoms with Gasteiger partial charge in [-0.3, -0.25) is 9.48 Å². The zero-order valence-electron chi connectivity index (χ0n) is 15.9. The fourth-order valence-corrected chi connectivity index (χ4v) is 4.55. The van der Waals surface area contributed by atoms with Crippen LogP contribution in [0.15, 0.2) is 23.2 Å². The lowest BCUT2D eigenvalue weighted by Gasteiger charge is -2.05. The molecule has 1 amide bonds. The predicted octanol–water partition coefficient (Wildman–Crippen LogP) is 3.95. The van der Waals surface area contributed by atoms with Crippen molar-refractivity contribution in [3.05, 3.63) is 45.5 Å². The summed E-state index contributed by atoms with van der Waals surface area (Å²) in [4.78, 5) is 17.9. The molecule has 0 N–H and O–H groups in total. The number of aryl methyl sites for hydroxylation is 5. The fraction of sp³-hybridized carbons (Fsp3) is 0.421. The van der Waals surface area contributed by atoms with Crippen molar-refractivity contribution < 1.29 is 4.79 Å². The van der Waals surface area contributed by atoms with Crippen LogP contribution in [0, 0.1) is 20.8 Å². The largest absolute Gasteiger partial charge is 0.315 e. The summed E-state index contributed by atoms with van der Waals surface area (Å²) in [5, 5.41) is 4.37. The van der Waals surface area contributed by atoms with Crippen molar-refractivity contribution in [1.29, 1.82) is 0 Å². The number of aromatic nitrogens is 3. The van der Waals surface area contributed by atoms with Crippen LogP contribution < -0.4 is 4.80 Å². The van der Waals surface area contributed by atoms with Crippen molar-refractivity contribution in [1.82, 2.24) is 14.3 Å². The van der Waals surface area contributed by atoms with Crippen molar-refractivity contribution >= 4 is 39.2 Å². The molecule has 0 saturated carbocycles. The Labute approximate surface area is 161 Å². The molecule has 0 bridgehead atoms. The Balaban J connectivity index is 2.14. The normalized spacial score (nSPS) is 12.3. The van der Waals surface area contributed by atoms with Crippen molar-refractivity contribution in [2.45, 2.75) is 40.8 Å². The van der Waals surface area contributed by atoms with Crippen LogP contribution in [0.25, 0.3) is 10.2 Å². The highest BCUT2D eigenvalue weighted by molar-refractivity contribution is 7.98. The number of hydrogen-bond acceptors (Lipinski definition) is 4. The summed E-state index contributed by atoms with van der Waals surface area (Å²) in [6.45, 7) is 9.76. The van der Waals surface area contributed by atoms with Crippen LogP contribution in [0.2, 0.25) is 0 Å². The summed E-state index contributed by atoms with van der Waals surface area (Å²) in [6, 6.07) is 6.17. The van der Waals surface area contributed by atoms with Gasteiger partial charge in [-0.25, -0.2) is 0 Å². The highest BCUT2D eigenvalue weighted by Crippen LogP contribution is 2.23. The van der Waals surface area contributed by atoms with E-state index in [9.17, 15) is 4.79 Å². The molecule has 0 aliphatic rings. The topological polar surface area (TPSA) is 52.2 Å². The molecule has 26 heavy (non-hydrogen) atoms. The molecule has 0 aliphatic carbocycles. The van der Waals surface area contributed by atoms with E-state index in [0.29, 0.717) is 5.69 Å². The van der Waals surface area contributed by atoms with Crippen LogP contribution in [0.4, 0.5) is 0 Å². The molecule has 0 atom stereocenters. The standard InChI is InChI=1S/C19H24N4OS2/c1-6-23-14(4)11-15(21-23)18(24)20-19-22(7-8-25-5)16-10-12(2)9-13(3)17(16)26-19/h9-11H,6-8H2,1-5H3. The van der Waals surface area contributed by atoms with Gasteiger partial charge in [0.05, 0.1) is 10.2 Å². The Morgan fingerprint density at radius 1 is 1.27 bits per heavy atom. The average molecular weight is 389 g/mol. The minimum atomic E-state index is -0.279. The second-order valence-corrected chi connectivity index (χ2v) is 8.33. The number of amides is 1. The van der Waals surface area contributed by atoms with Crippen LogP contribution in [0.1, 0.15) is 34.2 Å². The van der Waals surface area contributed by atoms with E-state index in [1.165, 1.54) is 15.8 Å². The third kappa shape index (κ3) is 3.64. The monoisotopic (exact) mass is 388 g/mol. The Kier molecular flexibility index (Phi) is 5.67. The Hall–Kier alpha value is -1.86. The molecule has 0 fully saturated rings. The first kappa shape index (κ1) is 18.9. The maximum absolute atomic E-state index is 12.7. The van der Waals surface area contributed by atoms with Gasteiger partial charge in [0.15, 0.2) is 10.5 Å². The first-order valence-corrected chi connectivity index (χ1v) is 10.9. The zero-order valence-corrected chi connectivity index (χ0v) is 17.5. The third-order valence-electron chi connectivity index (χ3n) is 4.33. The second kappa shape index (κ2) is 7.80. The molecule has 3 rings (SSSR count). The molecule has 2 heterocycles. The maximum atomic E-state index is 12.7. The van der Waals surface area contributed by atoms with Crippen LogP contribution in [-0.2, 0) is 13.1 Å². The highest BCUT2D eigenvalue weighted by Gasteiger charge is 2.14. The van der Waals surface area contributed by atoms with Crippen LogP contribution in [0.3, 0.4) is 0 Å². The number of hydrogen-bond donors (Lipinski definition) is 0. The van der Waals surface area contributed by atoms with Gasteiger partial charge in [0.25, 0.3) is 5.91 Å². The quantitative estimate of drug-likeness (QED) is 0.665. The summed E-state index contributed by atoms with van der Waals surface area (Å²) in [5.74, 6) is 0.697. The van der Waals surface area contributed by atoms with Gasteiger partial charge in [0.2, 0.25) is 0 Å². The lowest BCUT2D eigenvalue weighted by molar-refractivity contribution is 0.0992. The molecule has 3 aromatic rings. The predicted molar refractivity (Wildman–Crippen MR) is 110 cm³/mol. The lowest BCUT2D eigenvalue weighted by Crippen LogP contribution is -2.18. The zero-order chi connectivity index (χ0) is 18.8. The number of carbonyl (C=O) groups is 1. The van der Waals surface area contributed by atoms with Crippen molar-refractivity contribution in [2.75, 3.05) is 12.0 Å². The highest BCUT2D eigenvalue weighted by atomic mass is 32.2. The number of nitrogens with zero attached hydrogens (tertiary/aromatic N) is 4.